The molecule has 1 aliphatic heterocycles. The summed E-state index contributed by atoms with van der Waals surface area (Å²) in [5.41, 5.74) is 1.23. The van der Waals surface area contributed by atoms with E-state index in [2.05, 4.69) is 38.4 Å². The Morgan fingerprint density at radius 2 is 2.24 bits per heavy atom. The van der Waals surface area contributed by atoms with Crippen molar-refractivity contribution in [3.05, 3.63) is 30.4 Å². The number of nitrogens with zero attached hydrogens (tertiary/aromatic N) is 5. The second-order valence-electron chi connectivity index (χ2n) is 4.20. The molecular weight excluding hydrogens is 216 g/mol. The highest BCUT2D eigenvalue weighted by Gasteiger charge is 2.15. The molecule has 0 aromatic carbocycles. The zero-order chi connectivity index (χ0) is 11.7. The van der Waals surface area contributed by atoms with Gasteiger partial charge in [0.2, 0.25) is 0 Å². The molecule has 0 saturated carbocycles. The molecule has 17 heavy (non-hydrogen) atoms. The smallest absolute Gasteiger partial charge is 0.153 e. The van der Waals surface area contributed by atoms with Gasteiger partial charge in [-0.3, -0.25) is 9.58 Å². The second kappa shape index (κ2) is 4.14. The fourth-order valence-electron chi connectivity index (χ4n) is 1.95. The van der Waals surface area contributed by atoms with E-state index in [0.717, 1.165) is 31.3 Å². The third kappa shape index (κ3) is 2.12. The van der Waals surface area contributed by atoms with Crippen molar-refractivity contribution in [1.29, 1.82) is 0 Å². The Morgan fingerprint density at radius 3 is 3.06 bits per heavy atom. The first-order valence-electron chi connectivity index (χ1n) is 5.59. The summed E-state index contributed by atoms with van der Waals surface area (Å²) in [5, 5.41) is 7.67. The Balaban J connectivity index is 1.81. The molecule has 3 heterocycles. The van der Waals surface area contributed by atoms with Crippen molar-refractivity contribution in [2.45, 2.75) is 13.1 Å². The maximum Gasteiger partial charge on any atom is 0.153 e. The number of rotatable bonds is 2. The number of hydrogen-bond acceptors (Lipinski definition) is 5. The van der Waals surface area contributed by atoms with Crippen LogP contribution in [0.25, 0.3) is 0 Å². The highest BCUT2D eigenvalue weighted by molar-refractivity contribution is 5.51. The van der Waals surface area contributed by atoms with E-state index in [1.54, 1.807) is 6.20 Å². The van der Waals surface area contributed by atoms with Gasteiger partial charge in [-0.25, -0.2) is 9.97 Å². The molecule has 1 aliphatic rings. The van der Waals surface area contributed by atoms with Crippen LogP contribution in [0, 0.1) is 0 Å². The second-order valence-corrected chi connectivity index (χ2v) is 4.20. The number of nitrogens with one attached hydrogen (secondary N) is 1. The molecule has 0 fully saturated rings. The van der Waals surface area contributed by atoms with Crippen LogP contribution in [0.4, 0.5) is 11.6 Å². The Bertz CT molecular complexity index is 506. The fourth-order valence-corrected chi connectivity index (χ4v) is 1.95. The number of fused-ring (bicyclic) bond motifs is 1. The average Bonchev–Trinajstić information content (AvgIpc) is 2.71. The minimum absolute atomic E-state index is 0.767. The largest absolute Gasteiger partial charge is 0.323 e. The highest BCUT2D eigenvalue weighted by Crippen LogP contribution is 2.17. The molecule has 3 rings (SSSR count). The van der Waals surface area contributed by atoms with Gasteiger partial charge in [0.25, 0.3) is 0 Å². The molecule has 0 radical (unpaired) electrons. The highest BCUT2D eigenvalue weighted by atomic mass is 15.4. The number of aromatic nitrogens is 4. The van der Waals surface area contributed by atoms with Crippen molar-refractivity contribution in [3.8, 4) is 0 Å². The van der Waals surface area contributed by atoms with Crippen LogP contribution in [0.2, 0.25) is 0 Å². The van der Waals surface area contributed by atoms with Gasteiger partial charge in [0.15, 0.2) is 5.82 Å². The first-order chi connectivity index (χ1) is 8.31. The fraction of sp³-hybridized carbons (Fsp3) is 0.364. The Morgan fingerprint density at radius 1 is 1.29 bits per heavy atom. The van der Waals surface area contributed by atoms with Gasteiger partial charge in [0.1, 0.15) is 12.1 Å². The first-order valence-corrected chi connectivity index (χ1v) is 5.59. The normalized spacial score (nSPS) is 15.6. The number of hydrogen-bond donors (Lipinski definition) is 1. The summed E-state index contributed by atoms with van der Waals surface area (Å²) in [6.07, 6.45) is 3.23. The summed E-state index contributed by atoms with van der Waals surface area (Å²) in [6, 6.07) is 3.89. The van der Waals surface area contributed by atoms with Gasteiger partial charge in [-0.05, 0) is 13.1 Å². The van der Waals surface area contributed by atoms with E-state index in [9.17, 15) is 0 Å². The molecule has 0 aliphatic carbocycles. The van der Waals surface area contributed by atoms with Crippen LogP contribution in [0.3, 0.4) is 0 Å². The van der Waals surface area contributed by atoms with Gasteiger partial charge >= 0.3 is 0 Å². The van der Waals surface area contributed by atoms with Crippen molar-refractivity contribution in [2.75, 3.05) is 18.9 Å². The minimum Gasteiger partial charge on any atom is -0.323 e. The van der Waals surface area contributed by atoms with Crippen LogP contribution in [-0.2, 0) is 13.1 Å². The maximum absolute atomic E-state index is 4.50. The van der Waals surface area contributed by atoms with Crippen molar-refractivity contribution >= 4 is 11.6 Å². The third-order valence-electron chi connectivity index (χ3n) is 2.83. The number of anilines is 2. The first kappa shape index (κ1) is 10.2. The monoisotopic (exact) mass is 230 g/mol. The average molecular weight is 230 g/mol. The molecule has 0 unspecified atom stereocenters. The Kier molecular flexibility index (Phi) is 2.49. The van der Waals surface area contributed by atoms with Crippen molar-refractivity contribution in [2.24, 2.45) is 0 Å². The van der Waals surface area contributed by atoms with E-state index in [-0.39, 0.29) is 0 Å². The quantitative estimate of drug-likeness (QED) is 0.829. The minimum atomic E-state index is 0.767. The standard InChI is InChI=1S/C11H14N6/c1-16-4-5-17-9(7-16)6-11(15-17)14-10-2-3-12-8-13-10/h2-3,6,8H,4-5,7H2,1H3,(H,12,13,14,15). The summed E-state index contributed by atoms with van der Waals surface area (Å²) in [6.45, 7) is 2.93. The van der Waals surface area contributed by atoms with Crippen LogP contribution in [0.1, 0.15) is 5.69 Å². The molecule has 2 aromatic rings. The summed E-state index contributed by atoms with van der Waals surface area (Å²) in [5.74, 6) is 1.61. The van der Waals surface area contributed by atoms with Crippen molar-refractivity contribution < 1.29 is 0 Å². The predicted octanol–water partition coefficient (Wildman–Crippen LogP) is 0.862. The summed E-state index contributed by atoms with van der Waals surface area (Å²) < 4.78 is 2.05. The Hall–Kier alpha value is -1.95. The molecule has 0 amide bonds. The van der Waals surface area contributed by atoms with Gasteiger partial charge in [-0.2, -0.15) is 5.10 Å². The van der Waals surface area contributed by atoms with E-state index in [4.69, 9.17) is 0 Å². The molecular formula is C11H14N6. The van der Waals surface area contributed by atoms with E-state index in [1.165, 1.54) is 12.0 Å². The predicted molar refractivity (Wildman–Crippen MR) is 63.9 cm³/mol. The van der Waals surface area contributed by atoms with Gasteiger partial charge in [-0.15, -0.1) is 0 Å². The summed E-state index contributed by atoms with van der Waals surface area (Å²) >= 11 is 0. The van der Waals surface area contributed by atoms with Gasteiger partial charge in [-0.1, -0.05) is 0 Å². The topological polar surface area (TPSA) is 58.9 Å². The lowest BCUT2D eigenvalue weighted by Gasteiger charge is -2.22. The molecule has 1 N–H and O–H groups in total. The molecule has 0 saturated heterocycles. The maximum atomic E-state index is 4.50. The van der Waals surface area contributed by atoms with Gasteiger partial charge < -0.3 is 5.32 Å². The SMILES string of the molecule is CN1CCn2nc(Nc3ccncn3)cc2C1. The molecule has 0 spiro atoms. The lowest BCUT2D eigenvalue weighted by atomic mass is 10.3. The molecule has 6 heteroatoms. The van der Waals surface area contributed by atoms with Crippen LogP contribution in [0.5, 0.6) is 0 Å². The van der Waals surface area contributed by atoms with Crippen LogP contribution >= 0.6 is 0 Å². The summed E-state index contributed by atoms with van der Waals surface area (Å²) in [7, 11) is 2.12. The zero-order valence-corrected chi connectivity index (χ0v) is 9.67. The van der Waals surface area contributed by atoms with Crippen LogP contribution in [-0.4, -0.2) is 38.2 Å². The lowest BCUT2D eigenvalue weighted by Crippen LogP contribution is -2.30. The molecule has 0 atom stereocenters. The van der Waals surface area contributed by atoms with Gasteiger partial charge in [0.05, 0.1) is 12.2 Å². The van der Waals surface area contributed by atoms with E-state index in [0.29, 0.717) is 0 Å². The molecule has 6 nitrogen and oxygen atoms in total. The summed E-state index contributed by atoms with van der Waals surface area (Å²) in [4.78, 5) is 10.3. The van der Waals surface area contributed by atoms with Crippen molar-refractivity contribution in [1.82, 2.24) is 24.6 Å². The van der Waals surface area contributed by atoms with Crippen LogP contribution < -0.4 is 5.32 Å². The van der Waals surface area contributed by atoms with E-state index in [1.807, 2.05) is 10.7 Å². The molecule has 2 aromatic heterocycles. The lowest BCUT2D eigenvalue weighted by molar-refractivity contribution is 0.259. The molecule has 88 valence electrons. The van der Waals surface area contributed by atoms with E-state index >= 15 is 0 Å². The zero-order valence-electron chi connectivity index (χ0n) is 9.67. The van der Waals surface area contributed by atoms with Crippen molar-refractivity contribution in [3.63, 3.8) is 0 Å². The van der Waals surface area contributed by atoms with Gasteiger partial charge in [0, 0.05) is 25.4 Å². The molecule has 0 bridgehead atoms. The Labute approximate surface area is 99.3 Å². The number of likely N-dealkylation sites (N-methyl/N-ethyl adjacent to an activating group) is 1. The van der Waals surface area contributed by atoms with E-state index < -0.39 is 0 Å². The third-order valence-corrected chi connectivity index (χ3v) is 2.83. The van der Waals surface area contributed by atoms with Crippen LogP contribution in [0.15, 0.2) is 24.7 Å².